The summed E-state index contributed by atoms with van der Waals surface area (Å²) in [7, 11) is 0. The van der Waals surface area contributed by atoms with Gasteiger partial charge in [0.2, 0.25) is 0 Å². The zero-order valence-electron chi connectivity index (χ0n) is 9.71. The molecule has 1 saturated heterocycles. The van der Waals surface area contributed by atoms with E-state index >= 15 is 0 Å². The standard InChI is InChI=1S/C13H19NO/c1-13(2,3)11-6-4-10(5-7-11)12-14-8-9-15-12/h4-7,12,14H,8-9H2,1-3H3. The first kappa shape index (κ1) is 10.7. The lowest BCUT2D eigenvalue weighted by Gasteiger charge is -2.20. The Morgan fingerprint density at radius 2 is 1.87 bits per heavy atom. The molecule has 1 fully saturated rings. The summed E-state index contributed by atoms with van der Waals surface area (Å²) in [6.07, 6.45) is 0.0963. The van der Waals surface area contributed by atoms with E-state index in [4.69, 9.17) is 4.74 Å². The third-order valence-corrected chi connectivity index (χ3v) is 2.80. The molecular weight excluding hydrogens is 186 g/mol. The molecule has 1 unspecified atom stereocenters. The van der Waals surface area contributed by atoms with Crippen LogP contribution in [0.4, 0.5) is 0 Å². The van der Waals surface area contributed by atoms with Gasteiger partial charge in [-0.15, -0.1) is 0 Å². The van der Waals surface area contributed by atoms with Crippen LogP contribution < -0.4 is 5.32 Å². The first-order valence-corrected chi connectivity index (χ1v) is 5.53. The maximum absolute atomic E-state index is 5.55. The van der Waals surface area contributed by atoms with E-state index in [0.29, 0.717) is 0 Å². The molecule has 1 aromatic carbocycles. The number of nitrogens with one attached hydrogen (secondary N) is 1. The van der Waals surface area contributed by atoms with Crippen LogP contribution in [0.5, 0.6) is 0 Å². The van der Waals surface area contributed by atoms with Crippen molar-refractivity contribution in [2.45, 2.75) is 32.4 Å². The van der Waals surface area contributed by atoms with Crippen LogP contribution in [0.25, 0.3) is 0 Å². The minimum atomic E-state index is 0.0963. The summed E-state index contributed by atoms with van der Waals surface area (Å²) in [6.45, 7) is 8.45. The molecule has 1 N–H and O–H groups in total. The highest BCUT2D eigenvalue weighted by molar-refractivity contribution is 5.28. The lowest BCUT2D eigenvalue weighted by atomic mass is 9.86. The van der Waals surface area contributed by atoms with Gasteiger partial charge >= 0.3 is 0 Å². The van der Waals surface area contributed by atoms with E-state index in [1.807, 2.05) is 0 Å². The van der Waals surface area contributed by atoms with Gasteiger partial charge in [-0.05, 0) is 16.5 Å². The van der Waals surface area contributed by atoms with Gasteiger partial charge in [0, 0.05) is 6.54 Å². The zero-order valence-corrected chi connectivity index (χ0v) is 9.71. The summed E-state index contributed by atoms with van der Waals surface area (Å²) < 4.78 is 5.55. The maximum Gasteiger partial charge on any atom is 0.134 e. The smallest absolute Gasteiger partial charge is 0.134 e. The van der Waals surface area contributed by atoms with Crippen LogP contribution in [0.1, 0.15) is 38.1 Å². The average Bonchev–Trinajstić information content (AvgIpc) is 2.69. The van der Waals surface area contributed by atoms with Crippen molar-refractivity contribution in [2.24, 2.45) is 0 Å². The van der Waals surface area contributed by atoms with E-state index in [1.165, 1.54) is 11.1 Å². The van der Waals surface area contributed by atoms with Gasteiger partial charge < -0.3 is 4.74 Å². The molecule has 15 heavy (non-hydrogen) atoms. The Labute approximate surface area is 91.6 Å². The first-order valence-electron chi connectivity index (χ1n) is 5.53. The Morgan fingerprint density at radius 1 is 1.20 bits per heavy atom. The molecule has 0 radical (unpaired) electrons. The molecular formula is C13H19NO. The van der Waals surface area contributed by atoms with E-state index in [0.717, 1.165) is 13.2 Å². The van der Waals surface area contributed by atoms with Gasteiger partial charge in [-0.3, -0.25) is 5.32 Å². The summed E-state index contributed by atoms with van der Waals surface area (Å²) in [5.41, 5.74) is 2.81. The van der Waals surface area contributed by atoms with Crippen LogP contribution in [-0.2, 0) is 10.2 Å². The summed E-state index contributed by atoms with van der Waals surface area (Å²) in [5, 5.41) is 3.31. The predicted molar refractivity (Wildman–Crippen MR) is 61.8 cm³/mol. The largest absolute Gasteiger partial charge is 0.358 e. The van der Waals surface area contributed by atoms with Gasteiger partial charge in [0.1, 0.15) is 6.23 Å². The zero-order chi connectivity index (χ0) is 10.9. The lowest BCUT2D eigenvalue weighted by molar-refractivity contribution is 0.102. The normalized spacial score (nSPS) is 21.9. The highest BCUT2D eigenvalue weighted by Crippen LogP contribution is 2.25. The molecule has 1 atom stereocenters. The van der Waals surface area contributed by atoms with Crippen molar-refractivity contribution in [3.63, 3.8) is 0 Å². The number of hydrogen-bond acceptors (Lipinski definition) is 2. The molecule has 1 aliphatic heterocycles. The van der Waals surface area contributed by atoms with Crippen molar-refractivity contribution < 1.29 is 4.74 Å². The van der Waals surface area contributed by atoms with Crippen LogP contribution in [-0.4, -0.2) is 13.2 Å². The number of hydrogen-bond donors (Lipinski definition) is 1. The van der Waals surface area contributed by atoms with E-state index < -0.39 is 0 Å². The second kappa shape index (κ2) is 3.95. The van der Waals surface area contributed by atoms with Crippen LogP contribution in [0.3, 0.4) is 0 Å². The van der Waals surface area contributed by atoms with E-state index in [2.05, 4.69) is 50.4 Å². The molecule has 1 aliphatic rings. The van der Waals surface area contributed by atoms with Crippen molar-refractivity contribution in [3.05, 3.63) is 35.4 Å². The number of benzene rings is 1. The molecule has 0 aliphatic carbocycles. The molecule has 0 amide bonds. The van der Waals surface area contributed by atoms with E-state index in [1.54, 1.807) is 0 Å². The quantitative estimate of drug-likeness (QED) is 0.761. The fourth-order valence-electron chi connectivity index (χ4n) is 1.80. The average molecular weight is 205 g/mol. The van der Waals surface area contributed by atoms with Gasteiger partial charge in [0.15, 0.2) is 0 Å². The van der Waals surface area contributed by atoms with Gasteiger partial charge in [0.05, 0.1) is 6.61 Å². The topological polar surface area (TPSA) is 21.3 Å². The van der Waals surface area contributed by atoms with Crippen LogP contribution in [0.15, 0.2) is 24.3 Å². The lowest BCUT2D eigenvalue weighted by Crippen LogP contribution is -2.15. The molecule has 0 spiro atoms. The Bertz CT molecular complexity index is 317. The first-order chi connectivity index (χ1) is 7.07. The van der Waals surface area contributed by atoms with Crippen molar-refractivity contribution in [3.8, 4) is 0 Å². The third-order valence-electron chi connectivity index (χ3n) is 2.80. The van der Waals surface area contributed by atoms with Crippen molar-refractivity contribution in [1.29, 1.82) is 0 Å². The Balaban J connectivity index is 2.16. The van der Waals surface area contributed by atoms with Crippen molar-refractivity contribution in [2.75, 3.05) is 13.2 Å². The van der Waals surface area contributed by atoms with E-state index in [9.17, 15) is 0 Å². The van der Waals surface area contributed by atoms with Crippen LogP contribution in [0, 0.1) is 0 Å². The number of ether oxygens (including phenoxy) is 1. The second-order valence-electron chi connectivity index (χ2n) is 5.08. The summed E-state index contributed by atoms with van der Waals surface area (Å²) in [4.78, 5) is 0. The minimum Gasteiger partial charge on any atom is -0.358 e. The molecule has 0 saturated carbocycles. The Kier molecular flexibility index (Phi) is 2.81. The van der Waals surface area contributed by atoms with Crippen LogP contribution >= 0.6 is 0 Å². The van der Waals surface area contributed by atoms with E-state index in [-0.39, 0.29) is 11.6 Å². The predicted octanol–water partition coefficient (Wildman–Crippen LogP) is 2.60. The van der Waals surface area contributed by atoms with Crippen molar-refractivity contribution >= 4 is 0 Å². The molecule has 0 bridgehead atoms. The summed E-state index contributed by atoms with van der Waals surface area (Å²) in [6, 6.07) is 8.70. The van der Waals surface area contributed by atoms with Crippen molar-refractivity contribution in [1.82, 2.24) is 5.32 Å². The molecule has 2 rings (SSSR count). The van der Waals surface area contributed by atoms with Gasteiger partial charge in [0.25, 0.3) is 0 Å². The molecule has 0 aromatic heterocycles. The Hall–Kier alpha value is -0.860. The fraction of sp³-hybridized carbons (Fsp3) is 0.538. The van der Waals surface area contributed by atoms with Gasteiger partial charge in [-0.25, -0.2) is 0 Å². The molecule has 82 valence electrons. The monoisotopic (exact) mass is 205 g/mol. The third kappa shape index (κ3) is 2.39. The maximum atomic E-state index is 5.55. The number of rotatable bonds is 1. The highest BCUT2D eigenvalue weighted by Gasteiger charge is 2.18. The summed E-state index contributed by atoms with van der Waals surface area (Å²) >= 11 is 0. The molecule has 2 heteroatoms. The van der Waals surface area contributed by atoms with Gasteiger partial charge in [-0.2, -0.15) is 0 Å². The molecule has 1 aromatic rings. The van der Waals surface area contributed by atoms with Crippen LogP contribution in [0.2, 0.25) is 0 Å². The molecule has 2 nitrogen and oxygen atoms in total. The SMILES string of the molecule is CC(C)(C)c1ccc(C2NCCO2)cc1. The minimum absolute atomic E-state index is 0.0963. The Morgan fingerprint density at radius 3 is 2.33 bits per heavy atom. The molecule has 1 heterocycles. The second-order valence-corrected chi connectivity index (χ2v) is 5.08. The summed E-state index contributed by atoms with van der Waals surface area (Å²) in [5.74, 6) is 0. The van der Waals surface area contributed by atoms with Gasteiger partial charge in [-0.1, -0.05) is 45.0 Å². The fourth-order valence-corrected chi connectivity index (χ4v) is 1.80. The highest BCUT2D eigenvalue weighted by atomic mass is 16.5.